The van der Waals surface area contributed by atoms with Crippen molar-refractivity contribution in [1.29, 1.82) is 0 Å². The van der Waals surface area contributed by atoms with Crippen LogP contribution in [0.25, 0.3) is 0 Å². The molecule has 0 aliphatic heterocycles. The molecule has 0 heteroatoms. The van der Waals surface area contributed by atoms with E-state index >= 15 is 0 Å². The molecule has 0 aromatic carbocycles. The highest BCUT2D eigenvalue weighted by Gasteiger charge is 2.43. The van der Waals surface area contributed by atoms with Gasteiger partial charge in [-0.25, -0.2) is 0 Å². The fourth-order valence-corrected chi connectivity index (χ4v) is 4.54. The number of hydrogen-bond donors (Lipinski definition) is 0. The van der Waals surface area contributed by atoms with E-state index in [4.69, 9.17) is 0 Å². The normalized spacial score (nSPS) is 31.1. The monoisotopic (exact) mass is 262 g/mol. The quantitative estimate of drug-likeness (QED) is 0.377. The maximum absolute atomic E-state index is 2.54. The van der Waals surface area contributed by atoms with Crippen LogP contribution < -0.4 is 0 Å². The van der Waals surface area contributed by atoms with E-state index < -0.39 is 0 Å². The third-order valence-electron chi connectivity index (χ3n) is 5.58. The van der Waals surface area contributed by atoms with E-state index in [1.807, 2.05) is 0 Å². The van der Waals surface area contributed by atoms with Gasteiger partial charge in [-0.05, 0) is 48.3 Å². The third kappa shape index (κ3) is 3.86. The summed E-state index contributed by atoms with van der Waals surface area (Å²) < 4.78 is 0. The van der Waals surface area contributed by atoms with Crippen molar-refractivity contribution in [3.05, 3.63) is 12.2 Å². The van der Waals surface area contributed by atoms with Gasteiger partial charge in [0.2, 0.25) is 0 Å². The lowest BCUT2D eigenvalue weighted by Crippen LogP contribution is -2.30. The van der Waals surface area contributed by atoms with Gasteiger partial charge in [0.1, 0.15) is 0 Å². The molecule has 2 aliphatic rings. The van der Waals surface area contributed by atoms with Gasteiger partial charge in [-0.15, -0.1) is 0 Å². The minimum Gasteiger partial charge on any atom is -0.0851 e. The molecule has 4 unspecified atom stereocenters. The molecule has 2 bridgehead atoms. The molecule has 0 N–H and O–H groups in total. The first-order chi connectivity index (χ1) is 9.02. The highest BCUT2D eigenvalue weighted by Crippen LogP contribution is 2.52. The fraction of sp³-hybridized carbons (Fsp3) is 0.895. The van der Waals surface area contributed by atoms with Crippen molar-refractivity contribution in [3.8, 4) is 0 Å². The lowest BCUT2D eigenvalue weighted by Gasteiger charge is -2.38. The highest BCUT2D eigenvalue weighted by atomic mass is 14.5. The molecule has 0 spiro atoms. The molecule has 0 radical (unpaired) electrons. The van der Waals surface area contributed by atoms with Gasteiger partial charge in [0.05, 0.1) is 0 Å². The summed E-state index contributed by atoms with van der Waals surface area (Å²) >= 11 is 0. The van der Waals surface area contributed by atoms with E-state index in [0.717, 1.165) is 23.7 Å². The zero-order valence-corrected chi connectivity index (χ0v) is 13.6. The Morgan fingerprint density at radius 2 is 1.74 bits per heavy atom. The van der Waals surface area contributed by atoms with Gasteiger partial charge in [0, 0.05) is 0 Å². The van der Waals surface area contributed by atoms with Crippen LogP contribution in [0.2, 0.25) is 0 Å². The van der Waals surface area contributed by atoms with Gasteiger partial charge in [-0.3, -0.25) is 0 Å². The first-order valence-corrected chi connectivity index (χ1v) is 8.70. The van der Waals surface area contributed by atoms with Crippen LogP contribution in [0.4, 0.5) is 0 Å². The zero-order valence-electron chi connectivity index (χ0n) is 13.6. The summed E-state index contributed by atoms with van der Waals surface area (Å²) in [6.45, 7) is 9.72. The van der Waals surface area contributed by atoms with Crippen molar-refractivity contribution in [2.75, 3.05) is 0 Å². The molecule has 110 valence electrons. The Morgan fingerprint density at radius 3 is 2.26 bits per heavy atom. The second kappa shape index (κ2) is 6.46. The van der Waals surface area contributed by atoms with Crippen LogP contribution >= 0.6 is 0 Å². The largest absolute Gasteiger partial charge is 0.0851 e. The predicted molar refractivity (Wildman–Crippen MR) is 85.2 cm³/mol. The van der Waals surface area contributed by atoms with Gasteiger partial charge in [-0.2, -0.15) is 0 Å². The minimum atomic E-state index is 0.494. The van der Waals surface area contributed by atoms with Crippen molar-refractivity contribution < 1.29 is 0 Å². The van der Waals surface area contributed by atoms with Crippen molar-refractivity contribution >= 4 is 0 Å². The number of allylic oxidation sites excluding steroid dienone is 2. The van der Waals surface area contributed by atoms with E-state index in [0.29, 0.717) is 5.41 Å². The van der Waals surface area contributed by atoms with E-state index in [9.17, 15) is 0 Å². The summed E-state index contributed by atoms with van der Waals surface area (Å²) in [5.74, 6) is 3.78. The van der Waals surface area contributed by atoms with E-state index in [1.165, 1.54) is 51.4 Å². The topological polar surface area (TPSA) is 0 Å². The molecule has 1 saturated carbocycles. The first kappa shape index (κ1) is 15.1. The van der Waals surface area contributed by atoms with Crippen molar-refractivity contribution in [2.45, 2.75) is 79.1 Å². The van der Waals surface area contributed by atoms with Gasteiger partial charge < -0.3 is 0 Å². The van der Waals surface area contributed by atoms with Crippen LogP contribution in [0.3, 0.4) is 0 Å². The molecule has 0 amide bonds. The van der Waals surface area contributed by atoms with Gasteiger partial charge in [0.15, 0.2) is 0 Å². The van der Waals surface area contributed by atoms with Crippen LogP contribution in [0.1, 0.15) is 79.1 Å². The number of hydrogen-bond acceptors (Lipinski definition) is 0. The summed E-state index contributed by atoms with van der Waals surface area (Å²) in [5.41, 5.74) is 0.494. The molecule has 2 aliphatic carbocycles. The maximum Gasteiger partial charge on any atom is -0.0196 e. The van der Waals surface area contributed by atoms with E-state index in [-0.39, 0.29) is 0 Å². The molecule has 0 heterocycles. The molecule has 0 aromatic rings. The molecular weight excluding hydrogens is 228 g/mol. The van der Waals surface area contributed by atoms with Crippen LogP contribution in [0, 0.1) is 29.1 Å². The van der Waals surface area contributed by atoms with Crippen LogP contribution in [0.15, 0.2) is 12.2 Å². The SMILES string of the molecule is CCCCCCCC(C1CC2C=CC1C2)C(C)(C)C. The second-order valence-electron chi connectivity index (χ2n) is 8.12. The summed E-state index contributed by atoms with van der Waals surface area (Å²) in [6, 6.07) is 0. The lowest BCUT2D eigenvalue weighted by molar-refractivity contribution is 0.123. The molecule has 0 aromatic heterocycles. The van der Waals surface area contributed by atoms with Crippen LogP contribution in [-0.2, 0) is 0 Å². The molecular formula is C19H34. The summed E-state index contributed by atoms with van der Waals surface area (Å²) in [4.78, 5) is 0. The summed E-state index contributed by atoms with van der Waals surface area (Å²) in [7, 11) is 0. The standard InChI is InChI=1S/C19H34/c1-5-6-7-8-9-10-18(19(2,3)4)17-14-15-11-12-16(17)13-15/h11-12,15-18H,5-10,13-14H2,1-4H3. The average Bonchev–Trinajstić information content (AvgIpc) is 2.94. The first-order valence-electron chi connectivity index (χ1n) is 8.70. The Bertz CT molecular complexity index is 294. The minimum absolute atomic E-state index is 0.494. The van der Waals surface area contributed by atoms with Gasteiger partial charge >= 0.3 is 0 Å². The summed E-state index contributed by atoms with van der Waals surface area (Å²) in [5, 5.41) is 0. The molecule has 2 rings (SSSR count). The Kier molecular flexibility index (Phi) is 5.15. The van der Waals surface area contributed by atoms with Crippen LogP contribution in [0.5, 0.6) is 0 Å². The maximum atomic E-state index is 2.54. The Morgan fingerprint density at radius 1 is 1.00 bits per heavy atom. The van der Waals surface area contributed by atoms with Gasteiger partial charge in [0.25, 0.3) is 0 Å². The van der Waals surface area contributed by atoms with Gasteiger partial charge in [-0.1, -0.05) is 72.0 Å². The second-order valence-corrected chi connectivity index (χ2v) is 8.12. The smallest absolute Gasteiger partial charge is 0.0196 e. The predicted octanol–water partition coefficient (Wildman–Crippen LogP) is 6.22. The Labute approximate surface area is 121 Å². The van der Waals surface area contributed by atoms with Crippen molar-refractivity contribution in [3.63, 3.8) is 0 Å². The molecule has 0 nitrogen and oxygen atoms in total. The van der Waals surface area contributed by atoms with Crippen molar-refractivity contribution in [1.82, 2.24) is 0 Å². The van der Waals surface area contributed by atoms with E-state index in [2.05, 4.69) is 39.8 Å². The molecule has 19 heavy (non-hydrogen) atoms. The third-order valence-corrected chi connectivity index (χ3v) is 5.58. The molecule has 4 atom stereocenters. The average molecular weight is 262 g/mol. The Balaban J connectivity index is 1.85. The fourth-order valence-electron chi connectivity index (χ4n) is 4.54. The number of rotatable bonds is 7. The Hall–Kier alpha value is -0.260. The number of fused-ring (bicyclic) bond motifs is 2. The zero-order chi connectivity index (χ0) is 13.9. The van der Waals surface area contributed by atoms with Crippen molar-refractivity contribution in [2.24, 2.45) is 29.1 Å². The van der Waals surface area contributed by atoms with E-state index in [1.54, 1.807) is 0 Å². The highest BCUT2D eigenvalue weighted by molar-refractivity contribution is 5.11. The van der Waals surface area contributed by atoms with Crippen LogP contribution in [-0.4, -0.2) is 0 Å². The lowest BCUT2D eigenvalue weighted by atomic mass is 9.67. The molecule has 0 saturated heterocycles. The number of unbranched alkanes of at least 4 members (excludes halogenated alkanes) is 4. The molecule has 1 fully saturated rings. The summed E-state index contributed by atoms with van der Waals surface area (Å²) in [6.07, 6.45) is 16.6.